The van der Waals surface area contributed by atoms with E-state index in [4.69, 9.17) is 4.74 Å². The van der Waals surface area contributed by atoms with Gasteiger partial charge >= 0.3 is 0 Å². The van der Waals surface area contributed by atoms with E-state index >= 15 is 0 Å². The lowest BCUT2D eigenvalue weighted by molar-refractivity contribution is -0.0938. The van der Waals surface area contributed by atoms with Gasteiger partial charge in [0.05, 0.1) is 5.60 Å². The molecule has 2 aromatic rings. The minimum Gasteiger partial charge on any atom is -0.385 e. The van der Waals surface area contributed by atoms with Crippen LogP contribution in [0.1, 0.15) is 31.9 Å². The monoisotopic (exact) mass is 244 g/mol. The van der Waals surface area contributed by atoms with Gasteiger partial charge in [-0.25, -0.2) is 0 Å². The zero-order chi connectivity index (χ0) is 13.2. The Morgan fingerprint density at radius 3 is 2.50 bits per heavy atom. The van der Waals surface area contributed by atoms with Crippen molar-refractivity contribution in [3.8, 4) is 0 Å². The van der Waals surface area contributed by atoms with E-state index in [1.807, 2.05) is 44.2 Å². The molecular formula is C16H20O2. The smallest absolute Gasteiger partial charge is 0.108 e. The third kappa shape index (κ3) is 2.14. The molecule has 2 heteroatoms. The number of aliphatic hydroxyl groups is 1. The molecule has 0 saturated carbocycles. The third-order valence-electron chi connectivity index (χ3n) is 3.86. The van der Waals surface area contributed by atoms with Crippen molar-refractivity contribution < 1.29 is 9.84 Å². The van der Waals surface area contributed by atoms with Gasteiger partial charge < -0.3 is 9.84 Å². The fraction of sp³-hybridized carbons (Fsp3) is 0.375. The van der Waals surface area contributed by atoms with E-state index < -0.39 is 11.7 Å². The fourth-order valence-electron chi connectivity index (χ4n) is 2.27. The van der Waals surface area contributed by atoms with Crippen molar-refractivity contribution in [2.24, 2.45) is 0 Å². The zero-order valence-corrected chi connectivity index (χ0v) is 11.2. The minimum atomic E-state index is -0.626. The second kappa shape index (κ2) is 5.09. The number of hydrogen-bond donors (Lipinski definition) is 1. The molecule has 2 atom stereocenters. The predicted octanol–water partition coefficient (Wildman–Crippen LogP) is 3.69. The van der Waals surface area contributed by atoms with Crippen LogP contribution in [-0.4, -0.2) is 17.8 Å². The van der Waals surface area contributed by atoms with Gasteiger partial charge in [-0.2, -0.15) is 0 Å². The number of ether oxygens (including phenoxy) is 1. The van der Waals surface area contributed by atoms with Gasteiger partial charge in [-0.1, -0.05) is 49.4 Å². The zero-order valence-electron chi connectivity index (χ0n) is 11.2. The summed E-state index contributed by atoms with van der Waals surface area (Å²) in [4.78, 5) is 0. The summed E-state index contributed by atoms with van der Waals surface area (Å²) in [6, 6.07) is 14.1. The normalized spacial score (nSPS) is 16.4. The molecule has 0 amide bonds. The average Bonchev–Trinajstić information content (AvgIpc) is 2.45. The van der Waals surface area contributed by atoms with Crippen LogP contribution in [0.25, 0.3) is 10.8 Å². The summed E-state index contributed by atoms with van der Waals surface area (Å²) in [6.45, 7) is 3.97. The molecule has 0 aliphatic rings. The second-order valence-corrected chi connectivity index (χ2v) is 4.84. The Balaban J connectivity index is 2.54. The lowest BCUT2D eigenvalue weighted by atomic mass is 9.87. The molecule has 96 valence electrons. The highest BCUT2D eigenvalue weighted by Gasteiger charge is 2.33. The van der Waals surface area contributed by atoms with E-state index in [0.717, 1.165) is 22.8 Å². The van der Waals surface area contributed by atoms with Gasteiger partial charge in [-0.3, -0.25) is 0 Å². The third-order valence-corrected chi connectivity index (χ3v) is 3.86. The van der Waals surface area contributed by atoms with Crippen LogP contribution < -0.4 is 0 Å². The Hall–Kier alpha value is -1.38. The second-order valence-electron chi connectivity index (χ2n) is 4.84. The van der Waals surface area contributed by atoms with Gasteiger partial charge in [0.1, 0.15) is 6.10 Å². The summed E-state index contributed by atoms with van der Waals surface area (Å²) in [6.07, 6.45) is 0.132. The number of aliphatic hydroxyl groups excluding tert-OH is 1. The first-order valence-electron chi connectivity index (χ1n) is 6.33. The SMILES string of the molecule is CCC(C)(OC)C(O)c1cccc2ccccc12. The molecule has 0 saturated heterocycles. The van der Waals surface area contributed by atoms with Gasteiger partial charge in [0, 0.05) is 7.11 Å². The highest BCUT2D eigenvalue weighted by molar-refractivity contribution is 5.86. The molecule has 18 heavy (non-hydrogen) atoms. The van der Waals surface area contributed by atoms with Crippen molar-refractivity contribution in [2.45, 2.75) is 32.0 Å². The lowest BCUT2D eigenvalue weighted by Crippen LogP contribution is -2.34. The molecule has 0 spiro atoms. The van der Waals surface area contributed by atoms with Crippen LogP contribution >= 0.6 is 0 Å². The maximum atomic E-state index is 10.6. The summed E-state index contributed by atoms with van der Waals surface area (Å²) in [5.74, 6) is 0. The van der Waals surface area contributed by atoms with Gasteiger partial charge in [0.2, 0.25) is 0 Å². The summed E-state index contributed by atoms with van der Waals surface area (Å²) < 4.78 is 5.50. The van der Waals surface area contributed by atoms with E-state index in [0.29, 0.717) is 0 Å². The Kier molecular flexibility index (Phi) is 3.69. The van der Waals surface area contributed by atoms with Crippen LogP contribution in [0.3, 0.4) is 0 Å². The Morgan fingerprint density at radius 1 is 1.17 bits per heavy atom. The van der Waals surface area contributed by atoms with Crippen LogP contribution in [0, 0.1) is 0 Å². The molecule has 0 aromatic heterocycles. The maximum absolute atomic E-state index is 10.6. The van der Waals surface area contributed by atoms with Crippen molar-refractivity contribution in [1.82, 2.24) is 0 Å². The molecule has 2 rings (SSSR count). The molecule has 2 aromatic carbocycles. The first-order chi connectivity index (χ1) is 8.62. The molecule has 1 N–H and O–H groups in total. The van der Waals surface area contributed by atoms with Crippen LogP contribution in [0.2, 0.25) is 0 Å². The van der Waals surface area contributed by atoms with E-state index in [-0.39, 0.29) is 0 Å². The topological polar surface area (TPSA) is 29.5 Å². The van der Waals surface area contributed by atoms with Crippen LogP contribution in [0.5, 0.6) is 0 Å². The van der Waals surface area contributed by atoms with Gasteiger partial charge in [0.25, 0.3) is 0 Å². The molecule has 0 radical (unpaired) electrons. The van der Waals surface area contributed by atoms with Gasteiger partial charge in [-0.15, -0.1) is 0 Å². The van der Waals surface area contributed by atoms with E-state index in [9.17, 15) is 5.11 Å². The molecule has 0 fully saturated rings. The Labute approximate surface area is 108 Å². The number of methoxy groups -OCH3 is 1. The molecule has 0 heterocycles. The van der Waals surface area contributed by atoms with E-state index in [1.54, 1.807) is 7.11 Å². The van der Waals surface area contributed by atoms with Gasteiger partial charge in [0.15, 0.2) is 0 Å². The molecular weight excluding hydrogens is 224 g/mol. The summed E-state index contributed by atoms with van der Waals surface area (Å²) in [5, 5.41) is 12.8. The van der Waals surface area contributed by atoms with Gasteiger partial charge in [-0.05, 0) is 29.7 Å². The highest BCUT2D eigenvalue weighted by Crippen LogP contribution is 2.35. The summed E-state index contributed by atoms with van der Waals surface area (Å²) >= 11 is 0. The van der Waals surface area contributed by atoms with Crippen molar-refractivity contribution in [1.29, 1.82) is 0 Å². The Morgan fingerprint density at radius 2 is 1.83 bits per heavy atom. The summed E-state index contributed by atoms with van der Waals surface area (Å²) in [5.41, 5.74) is 0.378. The first kappa shape index (κ1) is 13.1. The molecule has 2 nitrogen and oxygen atoms in total. The summed E-state index contributed by atoms with van der Waals surface area (Å²) in [7, 11) is 1.65. The molecule has 0 aliphatic heterocycles. The molecule has 0 bridgehead atoms. The largest absolute Gasteiger partial charge is 0.385 e. The van der Waals surface area contributed by atoms with Crippen molar-refractivity contribution in [3.05, 3.63) is 48.0 Å². The van der Waals surface area contributed by atoms with E-state index in [2.05, 4.69) is 12.1 Å². The number of benzene rings is 2. The number of rotatable bonds is 4. The quantitative estimate of drug-likeness (QED) is 0.888. The van der Waals surface area contributed by atoms with Crippen LogP contribution in [0.4, 0.5) is 0 Å². The van der Waals surface area contributed by atoms with Crippen LogP contribution in [0.15, 0.2) is 42.5 Å². The highest BCUT2D eigenvalue weighted by atomic mass is 16.5. The standard InChI is InChI=1S/C16H20O2/c1-4-16(2,18-3)15(17)14-11-7-9-12-8-5-6-10-13(12)14/h5-11,15,17H,4H2,1-3H3. The van der Waals surface area contributed by atoms with Crippen molar-refractivity contribution in [3.63, 3.8) is 0 Å². The molecule has 2 unspecified atom stereocenters. The maximum Gasteiger partial charge on any atom is 0.108 e. The first-order valence-corrected chi connectivity index (χ1v) is 6.33. The van der Waals surface area contributed by atoms with Crippen LogP contribution in [-0.2, 0) is 4.74 Å². The predicted molar refractivity (Wildman–Crippen MR) is 74.6 cm³/mol. The number of fused-ring (bicyclic) bond motifs is 1. The molecule has 0 aliphatic carbocycles. The minimum absolute atomic E-state index is 0.551. The van der Waals surface area contributed by atoms with Crippen molar-refractivity contribution >= 4 is 10.8 Å². The lowest BCUT2D eigenvalue weighted by Gasteiger charge is -2.33. The average molecular weight is 244 g/mol. The van der Waals surface area contributed by atoms with Crippen molar-refractivity contribution in [2.75, 3.05) is 7.11 Å². The number of hydrogen-bond acceptors (Lipinski definition) is 2. The Bertz CT molecular complexity index is 524. The van der Waals surface area contributed by atoms with E-state index in [1.165, 1.54) is 0 Å². The fourth-order valence-corrected chi connectivity index (χ4v) is 2.27.